The van der Waals surface area contributed by atoms with Gasteiger partial charge in [-0.05, 0) is 41.5 Å². The third-order valence-electron chi connectivity index (χ3n) is 2.81. The lowest BCUT2D eigenvalue weighted by Gasteiger charge is -2.34. The zero-order valence-corrected chi connectivity index (χ0v) is 12.6. The van der Waals surface area contributed by atoms with E-state index >= 15 is 0 Å². The van der Waals surface area contributed by atoms with Gasteiger partial charge in [0.2, 0.25) is 0 Å². The average molecular weight is 273 g/mol. The number of hydrogen-bond acceptors (Lipinski definition) is 5. The second kappa shape index (κ2) is 5.00. The Bertz CT molecular complexity index is 372. The third kappa shape index (κ3) is 3.37. The number of amides is 1. The number of hydrogen-bond donors (Lipinski definition) is 0. The summed E-state index contributed by atoms with van der Waals surface area (Å²) in [7, 11) is 1.29. The van der Waals surface area contributed by atoms with Crippen LogP contribution in [0.4, 0.5) is 4.79 Å². The Balaban J connectivity index is 3.04. The molecule has 0 N–H and O–H groups in total. The monoisotopic (exact) mass is 273 g/mol. The SMILES string of the molecule is COC(=O)[C@H]1[C@H](C)OC(C)(C)N1C(=O)OC(C)(C)C. The highest BCUT2D eigenvalue weighted by Gasteiger charge is 2.53. The van der Waals surface area contributed by atoms with Crippen LogP contribution in [0.5, 0.6) is 0 Å². The predicted octanol–water partition coefficient (Wildman–Crippen LogP) is 1.92. The molecule has 0 bridgehead atoms. The first kappa shape index (κ1) is 15.8. The van der Waals surface area contributed by atoms with E-state index in [-0.39, 0.29) is 0 Å². The number of carbonyl (C=O) groups is 2. The molecule has 6 nitrogen and oxygen atoms in total. The first-order valence-corrected chi connectivity index (χ1v) is 6.27. The highest BCUT2D eigenvalue weighted by molar-refractivity contribution is 5.83. The van der Waals surface area contributed by atoms with Crippen LogP contribution in [0.1, 0.15) is 41.5 Å². The van der Waals surface area contributed by atoms with Gasteiger partial charge in [-0.3, -0.25) is 4.90 Å². The van der Waals surface area contributed by atoms with Gasteiger partial charge in [0.1, 0.15) is 11.3 Å². The summed E-state index contributed by atoms with van der Waals surface area (Å²) in [6.45, 7) is 10.5. The largest absolute Gasteiger partial charge is 0.467 e. The minimum Gasteiger partial charge on any atom is -0.467 e. The second-order valence-corrected chi connectivity index (χ2v) is 6.09. The quantitative estimate of drug-likeness (QED) is 0.683. The molecule has 0 aromatic rings. The average Bonchev–Trinajstić information content (AvgIpc) is 2.44. The molecule has 0 spiro atoms. The molecule has 1 saturated heterocycles. The second-order valence-electron chi connectivity index (χ2n) is 6.09. The van der Waals surface area contributed by atoms with Gasteiger partial charge < -0.3 is 14.2 Å². The van der Waals surface area contributed by atoms with E-state index in [1.165, 1.54) is 12.0 Å². The van der Waals surface area contributed by atoms with Gasteiger partial charge in [-0.1, -0.05) is 0 Å². The summed E-state index contributed by atoms with van der Waals surface area (Å²) in [5.41, 5.74) is -1.56. The van der Waals surface area contributed by atoms with E-state index in [4.69, 9.17) is 14.2 Å². The Hall–Kier alpha value is -1.30. The highest BCUT2D eigenvalue weighted by atomic mass is 16.6. The van der Waals surface area contributed by atoms with Crippen molar-refractivity contribution in [1.29, 1.82) is 0 Å². The van der Waals surface area contributed by atoms with Gasteiger partial charge in [0.15, 0.2) is 6.04 Å². The van der Waals surface area contributed by atoms with Crippen LogP contribution in [0.25, 0.3) is 0 Å². The van der Waals surface area contributed by atoms with Crippen molar-refractivity contribution in [2.75, 3.05) is 7.11 Å². The van der Waals surface area contributed by atoms with Crippen molar-refractivity contribution in [1.82, 2.24) is 4.90 Å². The number of nitrogens with zero attached hydrogens (tertiary/aromatic N) is 1. The lowest BCUT2D eigenvalue weighted by molar-refractivity contribution is -0.147. The van der Waals surface area contributed by atoms with Gasteiger partial charge in [-0.15, -0.1) is 0 Å². The molecule has 1 aliphatic rings. The van der Waals surface area contributed by atoms with Crippen LogP contribution in [0.15, 0.2) is 0 Å². The number of ether oxygens (including phenoxy) is 3. The molecular weight excluding hydrogens is 250 g/mol. The van der Waals surface area contributed by atoms with Crippen LogP contribution in [0.2, 0.25) is 0 Å². The molecule has 0 unspecified atom stereocenters. The Kier molecular flexibility index (Phi) is 4.14. The molecule has 0 aromatic heterocycles. The topological polar surface area (TPSA) is 65.1 Å². The Morgan fingerprint density at radius 3 is 2.21 bits per heavy atom. The minimum atomic E-state index is -0.916. The van der Waals surface area contributed by atoms with Gasteiger partial charge in [-0.2, -0.15) is 0 Å². The van der Waals surface area contributed by atoms with Crippen LogP contribution in [-0.4, -0.2) is 47.5 Å². The Labute approximate surface area is 114 Å². The highest BCUT2D eigenvalue weighted by Crippen LogP contribution is 2.34. The van der Waals surface area contributed by atoms with E-state index in [0.29, 0.717) is 0 Å². The van der Waals surface area contributed by atoms with E-state index in [9.17, 15) is 9.59 Å². The van der Waals surface area contributed by atoms with Gasteiger partial charge in [0.25, 0.3) is 0 Å². The third-order valence-corrected chi connectivity index (χ3v) is 2.81. The zero-order valence-electron chi connectivity index (χ0n) is 12.6. The molecule has 0 saturated carbocycles. The molecule has 2 atom stereocenters. The number of esters is 1. The lowest BCUT2D eigenvalue weighted by Crippen LogP contribution is -2.53. The normalized spacial score (nSPS) is 26.2. The first-order chi connectivity index (χ1) is 8.49. The van der Waals surface area contributed by atoms with Crippen LogP contribution >= 0.6 is 0 Å². The lowest BCUT2D eigenvalue weighted by atomic mass is 10.1. The number of carbonyl (C=O) groups excluding carboxylic acids is 2. The molecule has 19 heavy (non-hydrogen) atoms. The summed E-state index contributed by atoms with van der Waals surface area (Å²) in [6, 6.07) is -0.796. The van der Waals surface area contributed by atoms with Crippen molar-refractivity contribution < 1.29 is 23.8 Å². The smallest absolute Gasteiger partial charge is 0.413 e. The Morgan fingerprint density at radius 2 is 1.79 bits per heavy atom. The van der Waals surface area contributed by atoms with E-state index in [1.54, 1.807) is 41.5 Å². The van der Waals surface area contributed by atoms with Crippen LogP contribution in [-0.2, 0) is 19.0 Å². The first-order valence-electron chi connectivity index (χ1n) is 6.27. The summed E-state index contributed by atoms with van der Waals surface area (Å²) in [5, 5.41) is 0. The summed E-state index contributed by atoms with van der Waals surface area (Å²) in [4.78, 5) is 25.4. The Morgan fingerprint density at radius 1 is 1.26 bits per heavy atom. The molecule has 1 aliphatic heterocycles. The molecule has 1 fully saturated rings. The van der Waals surface area contributed by atoms with Crippen molar-refractivity contribution >= 4 is 12.1 Å². The van der Waals surface area contributed by atoms with E-state index < -0.39 is 35.5 Å². The number of methoxy groups -OCH3 is 1. The molecule has 6 heteroatoms. The maximum Gasteiger partial charge on any atom is 0.413 e. The van der Waals surface area contributed by atoms with Crippen molar-refractivity contribution in [3.05, 3.63) is 0 Å². The van der Waals surface area contributed by atoms with Gasteiger partial charge in [0.05, 0.1) is 13.2 Å². The fourth-order valence-corrected chi connectivity index (χ4v) is 2.18. The van der Waals surface area contributed by atoms with Crippen molar-refractivity contribution in [2.24, 2.45) is 0 Å². The van der Waals surface area contributed by atoms with Gasteiger partial charge in [-0.25, -0.2) is 9.59 Å². The van der Waals surface area contributed by atoms with E-state index in [0.717, 1.165) is 0 Å². The van der Waals surface area contributed by atoms with Gasteiger partial charge >= 0.3 is 12.1 Å². The maximum absolute atomic E-state index is 12.3. The van der Waals surface area contributed by atoms with Crippen molar-refractivity contribution in [3.8, 4) is 0 Å². The number of rotatable bonds is 1. The summed E-state index contributed by atoms with van der Waals surface area (Å²) in [6.07, 6.45) is -1.03. The molecule has 110 valence electrons. The summed E-state index contributed by atoms with van der Waals surface area (Å²) >= 11 is 0. The van der Waals surface area contributed by atoms with Gasteiger partial charge in [0, 0.05) is 0 Å². The standard InChI is InChI=1S/C13H23NO5/c1-8-9(10(15)17-7)14(13(5,6)18-8)11(16)19-12(2,3)4/h8-9H,1-7H3/t8-,9+/m0/s1. The summed E-state index contributed by atoms with van der Waals surface area (Å²) < 4.78 is 15.7. The molecular formula is C13H23NO5. The molecule has 1 heterocycles. The fraction of sp³-hybridized carbons (Fsp3) is 0.846. The van der Waals surface area contributed by atoms with Crippen LogP contribution in [0, 0.1) is 0 Å². The molecule has 0 radical (unpaired) electrons. The van der Waals surface area contributed by atoms with E-state index in [1.807, 2.05) is 0 Å². The van der Waals surface area contributed by atoms with E-state index in [2.05, 4.69) is 0 Å². The molecule has 1 amide bonds. The molecule has 0 aliphatic carbocycles. The summed E-state index contributed by atoms with van der Waals surface area (Å²) in [5.74, 6) is -0.510. The zero-order chi connectivity index (χ0) is 15.0. The van der Waals surface area contributed by atoms with Crippen LogP contribution < -0.4 is 0 Å². The molecule has 0 aromatic carbocycles. The maximum atomic E-state index is 12.3. The minimum absolute atomic E-state index is 0.449. The van der Waals surface area contributed by atoms with Crippen molar-refractivity contribution in [3.63, 3.8) is 0 Å². The van der Waals surface area contributed by atoms with Crippen molar-refractivity contribution in [2.45, 2.75) is 65.0 Å². The van der Waals surface area contributed by atoms with Crippen LogP contribution in [0.3, 0.4) is 0 Å². The fourth-order valence-electron chi connectivity index (χ4n) is 2.18. The molecule has 1 rings (SSSR count). The predicted molar refractivity (Wildman–Crippen MR) is 68.5 cm³/mol.